The van der Waals surface area contributed by atoms with Crippen LogP contribution >= 0.6 is 7.37 Å². The molecule has 1 fully saturated rings. The SMILES string of the molecule is COc1ccc(C[C@H](NC(=O)[C@H](CCCCN)NS(C)(=O)=O)P(=O)(O)CC2(C(=O)N[C@@H](Cc3c[nH]c4ccccc34)C(=O)O)CCCC2)cc1.[H-].[Li+]. The molecule has 51 heavy (non-hydrogen) atoms. The molecule has 0 radical (unpaired) electrons. The predicted molar refractivity (Wildman–Crippen MR) is 192 cm³/mol. The smallest absolute Gasteiger partial charge is 1.00 e. The number of benzene rings is 2. The number of methoxy groups -OCH3 is 1. The predicted octanol–water partition coefficient (Wildman–Crippen LogP) is -0.0325. The van der Waals surface area contributed by atoms with Crippen molar-refractivity contribution in [3.8, 4) is 5.75 Å². The van der Waals surface area contributed by atoms with Gasteiger partial charge in [-0.2, -0.15) is 0 Å². The molecule has 4 rings (SSSR count). The van der Waals surface area contributed by atoms with E-state index in [1.54, 1.807) is 30.5 Å². The molecule has 276 valence electrons. The molecule has 1 unspecified atom stereocenters. The Morgan fingerprint density at radius 1 is 1.04 bits per heavy atom. The van der Waals surface area contributed by atoms with Crippen LogP contribution in [0.2, 0.25) is 0 Å². The molecule has 1 aliphatic rings. The molecule has 1 aromatic heterocycles. The maximum Gasteiger partial charge on any atom is 1.00 e. The van der Waals surface area contributed by atoms with E-state index in [-0.39, 0.29) is 52.4 Å². The fourth-order valence-corrected chi connectivity index (χ4v) is 9.74. The van der Waals surface area contributed by atoms with Crippen LogP contribution in [0.25, 0.3) is 10.9 Å². The van der Waals surface area contributed by atoms with E-state index in [1.807, 2.05) is 24.3 Å². The molecule has 0 saturated heterocycles. The number of aromatic amines is 1. The molecule has 2 amide bonds. The Morgan fingerprint density at radius 3 is 2.31 bits per heavy atom. The van der Waals surface area contributed by atoms with Crippen molar-refractivity contribution in [2.75, 3.05) is 26.1 Å². The number of carbonyl (C=O) groups excluding carboxylic acids is 2. The summed E-state index contributed by atoms with van der Waals surface area (Å²) in [5, 5.41) is 16.3. The third kappa shape index (κ3) is 11.7. The molecule has 3 aromatic rings. The quantitative estimate of drug-likeness (QED) is 0.0493. The average Bonchev–Trinajstić information content (AvgIpc) is 3.71. The number of aliphatic carboxylic acids is 1. The number of aromatic nitrogens is 1. The Morgan fingerprint density at radius 2 is 1.71 bits per heavy atom. The standard InChI is InChI=1S/C34H48N5O9PS.Li.H/c1-48-25-14-12-23(13-15-25)19-30(38-31(40)28(11-5-8-18-35)39-50(2,46)47)49(44,45)22-34(16-6-7-17-34)33(43)37-29(32(41)42)20-24-21-36-27-10-4-3-9-26(24)27;;/h3-4,9-10,12-15,21,28-30,36,39H,5-8,11,16-20,22,35H2,1-2H3,(H,37,43)(H,38,40)(H,41,42)(H,44,45);;/q;+1;-1/t28-,29-,30+;;/m0../s1. The van der Waals surface area contributed by atoms with Crippen molar-refractivity contribution in [3.05, 3.63) is 65.9 Å². The number of nitrogens with two attached hydrogens (primary N) is 1. The number of unbranched alkanes of at least 4 members (excludes halogenated alkanes) is 1. The Bertz CT molecular complexity index is 1810. The molecular formula is C34H49LiN5O9PS. The minimum absolute atomic E-state index is 0. The zero-order valence-corrected chi connectivity index (χ0v) is 31.1. The number of ether oxygens (including phenoxy) is 1. The minimum Gasteiger partial charge on any atom is -1.00 e. The monoisotopic (exact) mass is 741 g/mol. The second kappa shape index (κ2) is 18.6. The maximum atomic E-state index is 14.5. The molecule has 1 saturated carbocycles. The van der Waals surface area contributed by atoms with Gasteiger partial charge in [0, 0.05) is 36.1 Å². The van der Waals surface area contributed by atoms with Crippen LogP contribution in [0.1, 0.15) is 57.5 Å². The first kappa shape index (κ1) is 42.3. The number of sulfonamides is 1. The number of para-hydroxylation sites is 1. The number of rotatable bonds is 19. The van der Waals surface area contributed by atoms with Crippen molar-refractivity contribution in [1.82, 2.24) is 20.3 Å². The second-order valence-corrected chi connectivity index (χ2v) is 17.4. The molecule has 2 aromatic carbocycles. The van der Waals surface area contributed by atoms with E-state index in [1.165, 1.54) is 7.11 Å². The van der Waals surface area contributed by atoms with Crippen molar-refractivity contribution in [2.24, 2.45) is 11.1 Å². The van der Waals surface area contributed by atoms with Crippen LogP contribution in [0, 0.1) is 5.41 Å². The van der Waals surface area contributed by atoms with Gasteiger partial charge in [0.1, 0.15) is 23.6 Å². The van der Waals surface area contributed by atoms with Gasteiger partial charge >= 0.3 is 24.8 Å². The van der Waals surface area contributed by atoms with Crippen LogP contribution in [-0.2, 0) is 41.8 Å². The van der Waals surface area contributed by atoms with Gasteiger partial charge < -0.3 is 37.5 Å². The molecule has 8 N–H and O–H groups in total. The fourth-order valence-electron chi connectivity index (χ4n) is 6.62. The molecule has 14 nitrogen and oxygen atoms in total. The van der Waals surface area contributed by atoms with Gasteiger partial charge in [-0.3, -0.25) is 14.2 Å². The fraction of sp³-hybridized carbons (Fsp3) is 0.500. The van der Waals surface area contributed by atoms with E-state index in [2.05, 4.69) is 20.3 Å². The van der Waals surface area contributed by atoms with Gasteiger partial charge in [0.2, 0.25) is 29.2 Å². The van der Waals surface area contributed by atoms with Crippen LogP contribution in [0.3, 0.4) is 0 Å². The average molecular weight is 742 g/mol. The molecule has 0 bridgehead atoms. The Balaban J connectivity index is 0.00000468. The van der Waals surface area contributed by atoms with Crippen molar-refractivity contribution in [3.63, 3.8) is 0 Å². The van der Waals surface area contributed by atoms with E-state index in [4.69, 9.17) is 10.5 Å². The summed E-state index contributed by atoms with van der Waals surface area (Å²) in [5.41, 5.74) is 6.34. The van der Waals surface area contributed by atoms with Gasteiger partial charge in [0.25, 0.3) is 0 Å². The van der Waals surface area contributed by atoms with Gasteiger partial charge in [-0.1, -0.05) is 49.6 Å². The zero-order valence-electron chi connectivity index (χ0n) is 30.4. The van der Waals surface area contributed by atoms with Crippen molar-refractivity contribution in [1.29, 1.82) is 0 Å². The number of hydrogen-bond donors (Lipinski definition) is 7. The van der Waals surface area contributed by atoms with Crippen LogP contribution in [0.15, 0.2) is 54.7 Å². The third-order valence-electron chi connectivity index (χ3n) is 9.28. The van der Waals surface area contributed by atoms with Gasteiger partial charge in [0.05, 0.1) is 18.8 Å². The van der Waals surface area contributed by atoms with E-state index < -0.39 is 64.6 Å². The van der Waals surface area contributed by atoms with E-state index in [0.717, 1.165) is 17.2 Å². The Labute approximate surface area is 312 Å². The summed E-state index contributed by atoms with van der Waals surface area (Å²) in [6, 6.07) is 11.6. The van der Waals surface area contributed by atoms with Crippen LogP contribution in [0.5, 0.6) is 5.75 Å². The Kier molecular flexibility index (Phi) is 15.4. The number of carboxylic acids is 1. The normalized spacial score (nSPS) is 17.0. The second-order valence-electron chi connectivity index (χ2n) is 13.1. The number of H-pyrrole nitrogens is 1. The van der Waals surface area contributed by atoms with Crippen molar-refractivity contribution in [2.45, 2.75) is 75.7 Å². The third-order valence-corrected chi connectivity index (χ3v) is 12.3. The summed E-state index contributed by atoms with van der Waals surface area (Å²) in [6.45, 7) is 0.341. The maximum absolute atomic E-state index is 14.5. The Hall–Kier alpha value is -3.15. The van der Waals surface area contributed by atoms with Crippen LogP contribution in [-0.4, -0.2) is 85.1 Å². The van der Waals surface area contributed by atoms with Crippen LogP contribution < -0.4 is 44.7 Å². The molecule has 0 spiro atoms. The van der Waals surface area contributed by atoms with E-state index >= 15 is 0 Å². The summed E-state index contributed by atoms with van der Waals surface area (Å²) < 4.78 is 46.3. The first-order valence-corrected chi connectivity index (χ1v) is 20.5. The molecule has 1 aliphatic carbocycles. The number of carboxylic acid groups (broad SMARTS) is 1. The molecule has 4 atom stereocenters. The van der Waals surface area contributed by atoms with E-state index in [9.17, 15) is 37.4 Å². The van der Waals surface area contributed by atoms with Crippen LogP contribution in [0.4, 0.5) is 0 Å². The molecular weight excluding hydrogens is 692 g/mol. The van der Waals surface area contributed by atoms with Gasteiger partial charge in [-0.05, 0) is 61.6 Å². The largest absolute Gasteiger partial charge is 1.00 e. The van der Waals surface area contributed by atoms with E-state index in [0.29, 0.717) is 49.1 Å². The van der Waals surface area contributed by atoms with Gasteiger partial charge in [-0.15, -0.1) is 0 Å². The number of hydrogen-bond acceptors (Lipinski definition) is 8. The minimum atomic E-state index is -4.46. The van der Waals surface area contributed by atoms with Gasteiger partial charge in [0.15, 0.2) is 0 Å². The van der Waals surface area contributed by atoms with Crippen molar-refractivity contribution < 1.29 is 62.4 Å². The molecule has 0 aliphatic heterocycles. The summed E-state index contributed by atoms with van der Waals surface area (Å²) >= 11 is 0. The molecule has 17 heteroatoms. The number of fused-ring (bicyclic) bond motifs is 1. The van der Waals surface area contributed by atoms with Gasteiger partial charge in [-0.25, -0.2) is 17.9 Å². The number of amides is 2. The number of carbonyl (C=O) groups is 3. The zero-order chi connectivity index (χ0) is 36.5. The first-order valence-electron chi connectivity index (χ1n) is 16.7. The van der Waals surface area contributed by atoms with Crippen molar-refractivity contribution >= 4 is 46.1 Å². The summed E-state index contributed by atoms with van der Waals surface area (Å²) in [7, 11) is -6.78. The summed E-state index contributed by atoms with van der Waals surface area (Å²) in [4.78, 5) is 55.0. The number of nitrogens with one attached hydrogen (secondary N) is 4. The summed E-state index contributed by atoms with van der Waals surface area (Å²) in [6.07, 6.45) is 4.77. The first-order chi connectivity index (χ1) is 23.7. The summed E-state index contributed by atoms with van der Waals surface area (Å²) in [5.74, 6) is -3.50. The molecule has 1 heterocycles. The topological polar surface area (TPSA) is 230 Å².